The molecule has 108 valence electrons. The first-order valence-corrected chi connectivity index (χ1v) is 7.54. The molecule has 1 aromatic carbocycles. The minimum atomic E-state index is 0.0759. The summed E-state index contributed by atoms with van der Waals surface area (Å²) in [5, 5.41) is 6.40. The van der Waals surface area contributed by atoms with Gasteiger partial charge in [-0.2, -0.15) is 0 Å². The predicted molar refractivity (Wildman–Crippen MR) is 78.9 cm³/mol. The number of carbonyl (C=O) groups excluding carboxylic acids is 1. The number of carbonyl (C=O) groups is 1. The second-order valence-corrected chi connectivity index (χ2v) is 5.63. The molecule has 0 saturated carbocycles. The molecule has 1 atom stereocenters. The van der Waals surface area contributed by atoms with Crippen molar-refractivity contribution in [3.05, 3.63) is 29.3 Å². The van der Waals surface area contributed by atoms with E-state index in [1.54, 1.807) is 0 Å². The van der Waals surface area contributed by atoms with Crippen LogP contribution in [0, 0.1) is 0 Å². The highest BCUT2D eigenvalue weighted by molar-refractivity contribution is 5.92. The molecule has 1 saturated heterocycles. The highest BCUT2D eigenvalue weighted by Gasteiger charge is 2.19. The predicted octanol–water partition coefficient (Wildman–Crippen LogP) is 1.88. The number of aryl methyl sites for hydroxylation is 1. The second kappa shape index (κ2) is 6.37. The van der Waals surface area contributed by atoms with Gasteiger partial charge in [0.2, 0.25) is 5.91 Å². The zero-order chi connectivity index (χ0) is 13.8. The Morgan fingerprint density at radius 3 is 3.10 bits per heavy atom. The van der Waals surface area contributed by atoms with Crippen molar-refractivity contribution in [3.63, 3.8) is 0 Å². The van der Waals surface area contributed by atoms with E-state index in [-0.39, 0.29) is 11.9 Å². The number of fused-ring (bicyclic) bond motifs is 1. The van der Waals surface area contributed by atoms with Crippen LogP contribution in [0.5, 0.6) is 0 Å². The molecule has 0 aromatic heterocycles. The van der Waals surface area contributed by atoms with Crippen LogP contribution in [0.1, 0.15) is 30.4 Å². The van der Waals surface area contributed by atoms with Gasteiger partial charge in [0.05, 0.1) is 13.2 Å². The summed E-state index contributed by atoms with van der Waals surface area (Å²) in [5.41, 5.74) is 3.73. The van der Waals surface area contributed by atoms with Crippen LogP contribution in [0.3, 0.4) is 0 Å². The van der Waals surface area contributed by atoms with Crippen LogP contribution < -0.4 is 10.6 Å². The SMILES string of the molecule is O=C(CC1COCCN1)Nc1cccc2c1CCCC2. The third kappa shape index (κ3) is 3.19. The molecule has 1 aliphatic heterocycles. The molecular formula is C16H22N2O2. The Balaban J connectivity index is 1.63. The minimum Gasteiger partial charge on any atom is -0.378 e. The Morgan fingerprint density at radius 2 is 2.25 bits per heavy atom. The topological polar surface area (TPSA) is 50.4 Å². The minimum absolute atomic E-state index is 0.0759. The monoisotopic (exact) mass is 274 g/mol. The van der Waals surface area contributed by atoms with Crippen molar-refractivity contribution in [2.45, 2.75) is 38.1 Å². The summed E-state index contributed by atoms with van der Waals surface area (Å²) < 4.78 is 5.38. The smallest absolute Gasteiger partial charge is 0.226 e. The van der Waals surface area contributed by atoms with E-state index < -0.39 is 0 Å². The Hall–Kier alpha value is -1.39. The second-order valence-electron chi connectivity index (χ2n) is 5.63. The molecule has 1 heterocycles. The molecule has 0 bridgehead atoms. The van der Waals surface area contributed by atoms with Crippen LogP contribution in [0.4, 0.5) is 5.69 Å². The summed E-state index contributed by atoms with van der Waals surface area (Å²) in [4.78, 5) is 12.2. The van der Waals surface area contributed by atoms with Gasteiger partial charge in [0.15, 0.2) is 0 Å². The Labute approximate surface area is 119 Å². The normalized spacial score (nSPS) is 22.1. The largest absolute Gasteiger partial charge is 0.378 e. The van der Waals surface area contributed by atoms with Crippen LogP contribution in [0.2, 0.25) is 0 Å². The molecule has 1 aliphatic carbocycles. The zero-order valence-electron chi connectivity index (χ0n) is 11.8. The molecular weight excluding hydrogens is 252 g/mol. The maximum atomic E-state index is 12.2. The fourth-order valence-electron chi connectivity index (χ4n) is 3.07. The standard InChI is InChI=1S/C16H22N2O2/c19-16(10-13-11-20-9-8-17-13)18-15-7-3-5-12-4-1-2-6-14(12)15/h3,5,7,13,17H,1-2,4,6,8-11H2,(H,18,19). The van der Waals surface area contributed by atoms with E-state index in [1.807, 2.05) is 12.1 Å². The Kier molecular flexibility index (Phi) is 4.33. The van der Waals surface area contributed by atoms with E-state index in [2.05, 4.69) is 16.7 Å². The first kappa shape index (κ1) is 13.6. The lowest BCUT2D eigenvalue weighted by molar-refractivity contribution is -0.117. The number of hydrogen-bond donors (Lipinski definition) is 2. The van der Waals surface area contributed by atoms with Crippen molar-refractivity contribution in [2.24, 2.45) is 0 Å². The fourth-order valence-corrected chi connectivity index (χ4v) is 3.07. The van der Waals surface area contributed by atoms with Gasteiger partial charge in [-0.25, -0.2) is 0 Å². The molecule has 1 unspecified atom stereocenters. The van der Waals surface area contributed by atoms with Crippen molar-refractivity contribution in [1.29, 1.82) is 0 Å². The van der Waals surface area contributed by atoms with Crippen LogP contribution in [-0.4, -0.2) is 31.7 Å². The summed E-state index contributed by atoms with van der Waals surface area (Å²) in [6.07, 6.45) is 5.17. The van der Waals surface area contributed by atoms with Crippen molar-refractivity contribution in [2.75, 3.05) is 25.1 Å². The summed E-state index contributed by atoms with van der Waals surface area (Å²) in [5.74, 6) is 0.0759. The van der Waals surface area contributed by atoms with Gasteiger partial charge in [0.25, 0.3) is 0 Å². The molecule has 1 amide bonds. The molecule has 0 spiro atoms. The number of morpholine rings is 1. The maximum Gasteiger partial charge on any atom is 0.226 e. The third-order valence-corrected chi connectivity index (χ3v) is 4.10. The van der Waals surface area contributed by atoms with Crippen LogP contribution in [-0.2, 0) is 22.4 Å². The van der Waals surface area contributed by atoms with Gasteiger partial charge in [-0.3, -0.25) is 4.79 Å². The van der Waals surface area contributed by atoms with Gasteiger partial charge >= 0.3 is 0 Å². The van der Waals surface area contributed by atoms with Gasteiger partial charge < -0.3 is 15.4 Å². The van der Waals surface area contributed by atoms with Crippen molar-refractivity contribution >= 4 is 11.6 Å². The Morgan fingerprint density at radius 1 is 1.35 bits per heavy atom. The molecule has 2 N–H and O–H groups in total. The van der Waals surface area contributed by atoms with Crippen LogP contribution in [0.15, 0.2) is 18.2 Å². The van der Waals surface area contributed by atoms with Gasteiger partial charge in [0, 0.05) is 24.7 Å². The average molecular weight is 274 g/mol. The number of hydrogen-bond acceptors (Lipinski definition) is 3. The highest BCUT2D eigenvalue weighted by Crippen LogP contribution is 2.27. The van der Waals surface area contributed by atoms with Gasteiger partial charge in [-0.1, -0.05) is 12.1 Å². The summed E-state index contributed by atoms with van der Waals surface area (Å²) in [6.45, 7) is 2.20. The number of nitrogens with one attached hydrogen (secondary N) is 2. The van der Waals surface area contributed by atoms with E-state index in [4.69, 9.17) is 4.74 Å². The van der Waals surface area contributed by atoms with Crippen molar-refractivity contribution in [3.8, 4) is 0 Å². The summed E-state index contributed by atoms with van der Waals surface area (Å²) in [6, 6.07) is 6.39. The molecule has 4 heteroatoms. The van der Waals surface area contributed by atoms with Gasteiger partial charge in [0.1, 0.15) is 0 Å². The number of anilines is 1. The maximum absolute atomic E-state index is 12.2. The molecule has 3 rings (SSSR count). The van der Waals surface area contributed by atoms with E-state index in [0.29, 0.717) is 13.0 Å². The summed E-state index contributed by atoms with van der Waals surface area (Å²) in [7, 11) is 0. The zero-order valence-corrected chi connectivity index (χ0v) is 11.8. The lowest BCUT2D eigenvalue weighted by atomic mass is 9.90. The van der Waals surface area contributed by atoms with Crippen LogP contribution in [0.25, 0.3) is 0 Å². The summed E-state index contributed by atoms with van der Waals surface area (Å²) >= 11 is 0. The molecule has 20 heavy (non-hydrogen) atoms. The number of rotatable bonds is 3. The van der Waals surface area contributed by atoms with E-state index in [1.165, 1.54) is 24.0 Å². The molecule has 0 radical (unpaired) electrons. The molecule has 2 aliphatic rings. The quantitative estimate of drug-likeness (QED) is 0.885. The van der Waals surface area contributed by atoms with E-state index in [0.717, 1.165) is 31.7 Å². The number of ether oxygens (including phenoxy) is 1. The first-order valence-electron chi connectivity index (χ1n) is 7.54. The first-order chi connectivity index (χ1) is 9.83. The van der Waals surface area contributed by atoms with E-state index >= 15 is 0 Å². The Bertz CT molecular complexity index is 481. The number of amides is 1. The third-order valence-electron chi connectivity index (χ3n) is 4.10. The fraction of sp³-hybridized carbons (Fsp3) is 0.562. The number of benzene rings is 1. The van der Waals surface area contributed by atoms with Gasteiger partial charge in [-0.05, 0) is 42.9 Å². The van der Waals surface area contributed by atoms with Gasteiger partial charge in [-0.15, -0.1) is 0 Å². The molecule has 4 nitrogen and oxygen atoms in total. The molecule has 1 fully saturated rings. The average Bonchev–Trinajstić information content (AvgIpc) is 2.48. The van der Waals surface area contributed by atoms with Crippen molar-refractivity contribution < 1.29 is 9.53 Å². The highest BCUT2D eigenvalue weighted by atomic mass is 16.5. The lowest BCUT2D eigenvalue weighted by Crippen LogP contribution is -2.43. The van der Waals surface area contributed by atoms with E-state index in [9.17, 15) is 4.79 Å². The van der Waals surface area contributed by atoms with Crippen LogP contribution >= 0.6 is 0 Å². The lowest BCUT2D eigenvalue weighted by Gasteiger charge is -2.24. The van der Waals surface area contributed by atoms with Crippen molar-refractivity contribution in [1.82, 2.24) is 5.32 Å². The molecule has 1 aromatic rings.